The summed E-state index contributed by atoms with van der Waals surface area (Å²) in [7, 11) is 0. The first-order valence-electron chi connectivity index (χ1n) is 11.6. The Labute approximate surface area is 196 Å². The van der Waals surface area contributed by atoms with E-state index in [0.29, 0.717) is 5.52 Å². The van der Waals surface area contributed by atoms with Crippen molar-refractivity contribution < 1.29 is 28.9 Å². The third-order valence-electron chi connectivity index (χ3n) is 6.60. The first-order valence-corrected chi connectivity index (χ1v) is 11.6. The molecule has 0 radical (unpaired) electrons. The predicted molar refractivity (Wildman–Crippen MR) is 118 cm³/mol. The Bertz CT molecular complexity index is 1090. The molecule has 11 nitrogen and oxygen atoms in total. The number of esters is 2. The summed E-state index contributed by atoms with van der Waals surface area (Å²) >= 11 is 0. The molecule has 2 aliphatic rings. The summed E-state index contributed by atoms with van der Waals surface area (Å²) in [5.74, 6) is -0.544. The maximum atomic E-state index is 12.8. The van der Waals surface area contributed by atoms with Gasteiger partial charge in [-0.1, -0.05) is 26.2 Å². The molecule has 1 aliphatic heterocycles. The summed E-state index contributed by atoms with van der Waals surface area (Å²) in [6, 6.07) is 5.19. The molecule has 3 N–H and O–H groups in total. The zero-order valence-electron chi connectivity index (χ0n) is 19.1. The Hall–Kier alpha value is -3.23. The van der Waals surface area contributed by atoms with Gasteiger partial charge in [0.25, 0.3) is 0 Å². The molecule has 1 saturated heterocycles. The van der Waals surface area contributed by atoms with Crippen LogP contribution >= 0.6 is 0 Å². The van der Waals surface area contributed by atoms with Crippen LogP contribution in [-0.2, 0) is 29.4 Å². The number of nitrogens with two attached hydrogens (primary N) is 1. The summed E-state index contributed by atoms with van der Waals surface area (Å²) < 4.78 is 18.3. The van der Waals surface area contributed by atoms with E-state index in [1.54, 1.807) is 19.1 Å². The van der Waals surface area contributed by atoms with Crippen LogP contribution in [0.3, 0.4) is 0 Å². The first kappa shape index (κ1) is 23.9. The van der Waals surface area contributed by atoms with Crippen LogP contribution in [0.4, 0.5) is 5.82 Å². The fourth-order valence-corrected chi connectivity index (χ4v) is 4.78. The summed E-state index contributed by atoms with van der Waals surface area (Å²) in [6.07, 6.45) is 2.98. The Kier molecular flexibility index (Phi) is 7.00. The van der Waals surface area contributed by atoms with Crippen molar-refractivity contribution in [3.8, 4) is 6.07 Å². The molecule has 0 spiro atoms. The van der Waals surface area contributed by atoms with Crippen molar-refractivity contribution in [3.05, 3.63) is 24.2 Å². The van der Waals surface area contributed by atoms with Crippen molar-refractivity contribution in [2.45, 2.75) is 75.8 Å². The number of aromatic nitrogens is 3. The number of carbonyl (C=O) groups excluding carboxylic acids is 2. The number of rotatable bonds is 7. The number of aliphatic hydroxyl groups is 1. The van der Waals surface area contributed by atoms with Crippen molar-refractivity contribution in [1.29, 1.82) is 5.26 Å². The van der Waals surface area contributed by atoms with Crippen LogP contribution in [0.2, 0.25) is 0 Å². The summed E-state index contributed by atoms with van der Waals surface area (Å²) in [4.78, 5) is 28.5. The van der Waals surface area contributed by atoms with Crippen molar-refractivity contribution in [2.24, 2.45) is 5.92 Å². The second-order valence-corrected chi connectivity index (χ2v) is 8.81. The Balaban J connectivity index is 1.62. The zero-order chi connectivity index (χ0) is 24.3. The van der Waals surface area contributed by atoms with Crippen LogP contribution in [-0.4, -0.2) is 56.6 Å². The molecular weight excluding hydrogens is 442 g/mol. The minimum Gasteiger partial charge on any atom is -0.463 e. The summed E-state index contributed by atoms with van der Waals surface area (Å²) in [5.41, 5.74) is 4.59. The van der Waals surface area contributed by atoms with Gasteiger partial charge in [0.15, 0.2) is 11.9 Å². The van der Waals surface area contributed by atoms with Crippen LogP contribution < -0.4 is 5.73 Å². The quantitative estimate of drug-likeness (QED) is 0.567. The number of aliphatic hydroxyl groups excluding tert-OH is 1. The molecule has 182 valence electrons. The molecule has 2 aromatic rings. The van der Waals surface area contributed by atoms with E-state index in [9.17, 15) is 20.0 Å². The number of hydrogen-bond acceptors (Lipinski definition) is 10. The Morgan fingerprint density at radius 1 is 1.32 bits per heavy atom. The highest BCUT2D eigenvalue weighted by Gasteiger charge is 2.60. The number of anilines is 1. The van der Waals surface area contributed by atoms with Crippen molar-refractivity contribution in [3.63, 3.8) is 0 Å². The molecule has 3 heterocycles. The Morgan fingerprint density at radius 2 is 2.09 bits per heavy atom. The fraction of sp³-hybridized carbons (Fsp3) is 0.609. The van der Waals surface area contributed by atoms with Gasteiger partial charge in [-0.3, -0.25) is 9.59 Å². The molecule has 34 heavy (non-hydrogen) atoms. The van der Waals surface area contributed by atoms with Gasteiger partial charge in [-0.2, -0.15) is 10.4 Å². The van der Waals surface area contributed by atoms with Crippen molar-refractivity contribution in [1.82, 2.24) is 14.6 Å². The zero-order valence-corrected chi connectivity index (χ0v) is 19.1. The van der Waals surface area contributed by atoms with Crippen molar-refractivity contribution in [2.75, 3.05) is 12.3 Å². The third-order valence-corrected chi connectivity index (χ3v) is 6.60. The van der Waals surface area contributed by atoms with Gasteiger partial charge in [-0.05, 0) is 30.9 Å². The number of ether oxygens (including phenoxy) is 3. The van der Waals surface area contributed by atoms with Gasteiger partial charge < -0.3 is 25.1 Å². The van der Waals surface area contributed by atoms with Crippen LogP contribution in [0.1, 0.15) is 57.6 Å². The molecule has 2 aromatic heterocycles. The van der Waals surface area contributed by atoms with Crippen LogP contribution in [0, 0.1) is 17.2 Å². The van der Waals surface area contributed by atoms with Gasteiger partial charge in [0.05, 0.1) is 5.69 Å². The largest absolute Gasteiger partial charge is 0.463 e. The highest BCUT2D eigenvalue weighted by molar-refractivity contribution is 5.70. The minimum atomic E-state index is -1.94. The number of nitriles is 1. The van der Waals surface area contributed by atoms with Gasteiger partial charge in [-0.25, -0.2) is 9.50 Å². The lowest BCUT2D eigenvalue weighted by atomic mass is 9.87. The van der Waals surface area contributed by atoms with Gasteiger partial charge in [0, 0.05) is 12.8 Å². The molecule has 2 fully saturated rings. The number of nitrogens with zero attached hydrogens (tertiary/aromatic N) is 4. The summed E-state index contributed by atoms with van der Waals surface area (Å²) in [6.45, 7) is 1.36. The van der Waals surface area contributed by atoms with E-state index >= 15 is 0 Å². The highest BCUT2D eigenvalue weighted by atomic mass is 16.6. The molecule has 0 amide bonds. The molecule has 11 heteroatoms. The first-order chi connectivity index (χ1) is 16.4. The van der Waals surface area contributed by atoms with Gasteiger partial charge >= 0.3 is 11.9 Å². The Morgan fingerprint density at radius 3 is 2.79 bits per heavy atom. The SMILES string of the molecule is CCC(=O)OC[C@H]1O[C@@](C#N)(c2ccc3c(N)ncnn23)[C@H](O)[C@@H]1OC(=O)CC1CCCCC1. The van der Waals surface area contributed by atoms with Gasteiger partial charge in [0.2, 0.25) is 5.60 Å². The van der Waals surface area contributed by atoms with Gasteiger partial charge in [-0.15, -0.1) is 0 Å². The average Bonchev–Trinajstić information content (AvgIpc) is 3.39. The fourth-order valence-electron chi connectivity index (χ4n) is 4.78. The molecule has 0 aromatic carbocycles. The number of hydrogen-bond donors (Lipinski definition) is 2. The molecule has 0 unspecified atom stereocenters. The lowest BCUT2D eigenvalue weighted by molar-refractivity contribution is -0.161. The van der Waals surface area contributed by atoms with E-state index in [4.69, 9.17) is 19.9 Å². The number of nitrogen functional groups attached to an aromatic ring is 1. The van der Waals surface area contributed by atoms with E-state index in [2.05, 4.69) is 10.1 Å². The molecular formula is C23H29N5O6. The maximum absolute atomic E-state index is 12.8. The van der Waals surface area contributed by atoms with E-state index in [0.717, 1.165) is 32.1 Å². The molecule has 0 bridgehead atoms. The third kappa shape index (κ3) is 4.43. The monoisotopic (exact) mass is 471 g/mol. The summed E-state index contributed by atoms with van der Waals surface area (Å²) in [5, 5.41) is 25.6. The topological polar surface area (TPSA) is 162 Å². The second-order valence-electron chi connectivity index (χ2n) is 8.81. The van der Waals surface area contributed by atoms with E-state index in [-0.39, 0.29) is 36.9 Å². The average molecular weight is 472 g/mol. The standard InChI is InChI=1S/C23H29N5O6/c1-2-18(29)32-11-16-20(33-19(30)10-14-6-4-3-5-7-14)21(31)23(12-24,34-16)17-9-8-15-22(25)26-13-27-28(15)17/h8-9,13-14,16,20-21,31H,2-7,10-11H2,1H3,(H2,25,26,27)/t16-,20-,21-,23+/m1/s1. The number of carbonyl (C=O) groups is 2. The maximum Gasteiger partial charge on any atom is 0.306 e. The van der Waals surface area contributed by atoms with Gasteiger partial charge in [0.1, 0.15) is 36.7 Å². The predicted octanol–water partition coefficient (Wildman–Crippen LogP) is 1.63. The second kappa shape index (κ2) is 9.95. The normalized spacial score (nSPS) is 27.4. The van der Waals surface area contributed by atoms with E-state index < -0.39 is 35.9 Å². The van der Waals surface area contributed by atoms with Crippen LogP contribution in [0.5, 0.6) is 0 Å². The highest BCUT2D eigenvalue weighted by Crippen LogP contribution is 2.42. The smallest absolute Gasteiger partial charge is 0.306 e. The van der Waals surface area contributed by atoms with Crippen molar-refractivity contribution >= 4 is 23.3 Å². The van der Waals surface area contributed by atoms with E-state index in [1.165, 1.54) is 10.8 Å². The lowest BCUT2D eigenvalue weighted by Crippen LogP contribution is -2.43. The van der Waals surface area contributed by atoms with Crippen LogP contribution in [0.25, 0.3) is 5.52 Å². The van der Waals surface area contributed by atoms with E-state index in [1.807, 2.05) is 6.07 Å². The lowest BCUT2D eigenvalue weighted by Gasteiger charge is -2.25. The molecule has 1 saturated carbocycles. The molecule has 4 rings (SSSR count). The molecule has 1 aliphatic carbocycles. The molecule has 4 atom stereocenters. The number of fused-ring (bicyclic) bond motifs is 1. The minimum absolute atomic E-state index is 0.143. The van der Waals surface area contributed by atoms with Crippen LogP contribution in [0.15, 0.2) is 18.5 Å².